The summed E-state index contributed by atoms with van der Waals surface area (Å²) in [5, 5.41) is 8.70. The lowest BCUT2D eigenvalue weighted by Crippen LogP contribution is -2.29. The molecule has 1 heterocycles. The first-order valence-electron chi connectivity index (χ1n) is 7.77. The summed E-state index contributed by atoms with van der Waals surface area (Å²) in [6, 6.07) is 6.69. The Kier molecular flexibility index (Phi) is 4.50. The number of aliphatic carboxylic acids is 1. The number of carbonyl (C=O) groups is 1. The zero-order valence-corrected chi connectivity index (χ0v) is 13.6. The van der Waals surface area contributed by atoms with E-state index in [1.807, 2.05) is 0 Å². The molecule has 2 rings (SSSR count). The summed E-state index contributed by atoms with van der Waals surface area (Å²) in [4.78, 5) is 10.6. The fraction of sp³-hybridized carbons (Fsp3) is 0.556. The van der Waals surface area contributed by atoms with Gasteiger partial charge in [0.2, 0.25) is 5.69 Å². The van der Waals surface area contributed by atoms with Crippen LogP contribution in [-0.4, -0.2) is 28.4 Å². The molecule has 114 valence electrons. The Balaban J connectivity index is 2.11. The van der Waals surface area contributed by atoms with E-state index in [1.54, 1.807) is 0 Å². The molecule has 3 heteroatoms. The second-order valence-corrected chi connectivity index (χ2v) is 6.45. The number of carboxylic acids is 1. The van der Waals surface area contributed by atoms with Crippen molar-refractivity contribution in [1.29, 1.82) is 0 Å². The van der Waals surface area contributed by atoms with Gasteiger partial charge in [-0.2, -0.15) is 0 Å². The standard InChI is InChI=1S/C18H25NO2/c1-13-9-10-16-15(12-13)18(3,14(2)19(16)4)11-7-5-6-8-17(20)21/h9-10,12H,5-8,11H2,1-4H3/p+1. The summed E-state index contributed by atoms with van der Waals surface area (Å²) in [6.07, 6.45) is 4.21. The van der Waals surface area contributed by atoms with Crippen LogP contribution in [0, 0.1) is 6.92 Å². The number of carboxylic acid groups (broad SMARTS) is 1. The molecule has 0 saturated heterocycles. The van der Waals surface area contributed by atoms with Gasteiger partial charge in [-0.3, -0.25) is 4.79 Å². The molecule has 1 aliphatic heterocycles. The highest BCUT2D eigenvalue weighted by Gasteiger charge is 2.44. The SMILES string of the molecule is CC1=[N+](C)c2ccc(C)cc2C1(C)CCCCCC(=O)O. The maximum atomic E-state index is 10.6. The smallest absolute Gasteiger partial charge is 0.303 e. The van der Waals surface area contributed by atoms with E-state index in [-0.39, 0.29) is 11.8 Å². The molecule has 1 N–H and O–H groups in total. The van der Waals surface area contributed by atoms with Crippen LogP contribution in [0.25, 0.3) is 0 Å². The number of unbranched alkanes of at least 4 members (excludes halogenated alkanes) is 2. The number of aryl methyl sites for hydroxylation is 1. The van der Waals surface area contributed by atoms with Gasteiger partial charge in [0.05, 0.1) is 5.41 Å². The second-order valence-electron chi connectivity index (χ2n) is 6.45. The summed E-state index contributed by atoms with van der Waals surface area (Å²) < 4.78 is 2.30. The Morgan fingerprint density at radius 3 is 2.62 bits per heavy atom. The van der Waals surface area contributed by atoms with Crippen molar-refractivity contribution in [3.63, 3.8) is 0 Å². The summed E-state index contributed by atoms with van der Waals surface area (Å²) in [6.45, 7) is 6.68. The number of rotatable bonds is 6. The Hall–Kier alpha value is -1.64. The van der Waals surface area contributed by atoms with Crippen molar-refractivity contribution < 1.29 is 14.5 Å². The minimum Gasteiger partial charge on any atom is -0.481 e. The van der Waals surface area contributed by atoms with E-state index in [2.05, 4.69) is 50.6 Å². The molecule has 1 aliphatic rings. The van der Waals surface area contributed by atoms with Crippen LogP contribution >= 0.6 is 0 Å². The summed E-state index contributed by atoms with van der Waals surface area (Å²) in [5.41, 5.74) is 5.50. The van der Waals surface area contributed by atoms with Crippen molar-refractivity contribution in [3.8, 4) is 0 Å². The van der Waals surface area contributed by atoms with Crippen LogP contribution < -0.4 is 0 Å². The first-order chi connectivity index (χ1) is 9.86. The fourth-order valence-corrected chi connectivity index (χ4v) is 3.38. The number of fused-ring (bicyclic) bond motifs is 1. The monoisotopic (exact) mass is 288 g/mol. The van der Waals surface area contributed by atoms with E-state index in [1.165, 1.54) is 22.5 Å². The van der Waals surface area contributed by atoms with Crippen molar-refractivity contribution in [2.45, 2.75) is 58.3 Å². The lowest BCUT2D eigenvalue weighted by molar-refractivity contribution is -0.403. The normalized spacial score (nSPS) is 20.8. The molecule has 0 fully saturated rings. The minimum absolute atomic E-state index is 0.0827. The largest absolute Gasteiger partial charge is 0.481 e. The number of nitrogens with zero attached hydrogens (tertiary/aromatic N) is 1. The molecule has 3 nitrogen and oxygen atoms in total. The van der Waals surface area contributed by atoms with Gasteiger partial charge in [-0.15, -0.1) is 0 Å². The van der Waals surface area contributed by atoms with Crippen molar-refractivity contribution in [2.75, 3.05) is 7.05 Å². The van der Waals surface area contributed by atoms with Crippen LogP contribution in [0.15, 0.2) is 18.2 Å². The average molecular weight is 288 g/mol. The predicted molar refractivity (Wildman–Crippen MR) is 85.8 cm³/mol. The molecular weight excluding hydrogens is 262 g/mol. The Labute approximate surface area is 127 Å². The van der Waals surface area contributed by atoms with Crippen molar-refractivity contribution in [3.05, 3.63) is 29.3 Å². The maximum absolute atomic E-state index is 10.6. The number of hydrogen-bond donors (Lipinski definition) is 1. The van der Waals surface area contributed by atoms with Crippen LogP contribution in [0.3, 0.4) is 0 Å². The lowest BCUT2D eigenvalue weighted by Gasteiger charge is -2.22. The van der Waals surface area contributed by atoms with Gasteiger partial charge in [-0.25, -0.2) is 4.58 Å². The summed E-state index contributed by atoms with van der Waals surface area (Å²) in [5.74, 6) is -0.689. The molecule has 0 spiro atoms. The predicted octanol–water partition coefficient (Wildman–Crippen LogP) is 4.04. The van der Waals surface area contributed by atoms with Gasteiger partial charge >= 0.3 is 5.97 Å². The molecule has 0 saturated carbocycles. The second kappa shape index (κ2) is 6.00. The quantitative estimate of drug-likeness (QED) is 0.634. The first-order valence-corrected chi connectivity index (χ1v) is 7.77. The van der Waals surface area contributed by atoms with Crippen LogP contribution in [-0.2, 0) is 10.2 Å². The van der Waals surface area contributed by atoms with Crippen molar-refractivity contribution in [1.82, 2.24) is 0 Å². The van der Waals surface area contributed by atoms with Gasteiger partial charge in [0.15, 0.2) is 5.71 Å². The van der Waals surface area contributed by atoms with Crippen LogP contribution in [0.2, 0.25) is 0 Å². The molecule has 1 atom stereocenters. The summed E-state index contributed by atoms with van der Waals surface area (Å²) >= 11 is 0. The molecule has 21 heavy (non-hydrogen) atoms. The van der Waals surface area contributed by atoms with Gasteiger partial charge in [0.25, 0.3) is 0 Å². The molecule has 1 aromatic rings. The van der Waals surface area contributed by atoms with Crippen molar-refractivity contribution in [2.24, 2.45) is 0 Å². The zero-order chi connectivity index (χ0) is 15.6. The van der Waals surface area contributed by atoms with Crippen LogP contribution in [0.4, 0.5) is 5.69 Å². The number of benzene rings is 1. The van der Waals surface area contributed by atoms with E-state index in [4.69, 9.17) is 5.11 Å². The first kappa shape index (κ1) is 15.7. The Morgan fingerprint density at radius 1 is 1.24 bits per heavy atom. The van der Waals surface area contributed by atoms with Gasteiger partial charge in [-0.05, 0) is 32.8 Å². The minimum atomic E-state index is -0.689. The maximum Gasteiger partial charge on any atom is 0.303 e. The third-order valence-corrected chi connectivity index (χ3v) is 4.98. The molecular formula is C18H26NO2+. The highest BCUT2D eigenvalue weighted by molar-refractivity contribution is 5.93. The van der Waals surface area contributed by atoms with Gasteiger partial charge in [-0.1, -0.05) is 24.5 Å². The fourth-order valence-electron chi connectivity index (χ4n) is 3.38. The molecule has 1 unspecified atom stereocenters. The van der Waals surface area contributed by atoms with Gasteiger partial charge in [0.1, 0.15) is 7.05 Å². The third kappa shape index (κ3) is 3.02. The average Bonchev–Trinajstić information content (AvgIpc) is 2.61. The molecule has 0 aromatic heterocycles. The Bertz CT molecular complexity index is 589. The van der Waals surface area contributed by atoms with E-state index in [0.717, 1.165) is 25.7 Å². The third-order valence-electron chi connectivity index (χ3n) is 4.98. The van der Waals surface area contributed by atoms with E-state index < -0.39 is 5.97 Å². The number of hydrogen-bond acceptors (Lipinski definition) is 1. The molecule has 0 radical (unpaired) electrons. The van der Waals surface area contributed by atoms with Gasteiger partial charge in [0, 0.05) is 25.0 Å². The molecule has 0 aliphatic carbocycles. The molecule has 1 aromatic carbocycles. The van der Waals surface area contributed by atoms with E-state index >= 15 is 0 Å². The highest BCUT2D eigenvalue weighted by atomic mass is 16.4. The van der Waals surface area contributed by atoms with E-state index in [9.17, 15) is 4.79 Å². The Morgan fingerprint density at radius 2 is 1.95 bits per heavy atom. The van der Waals surface area contributed by atoms with Crippen LogP contribution in [0.1, 0.15) is 57.1 Å². The lowest BCUT2D eigenvalue weighted by atomic mass is 9.75. The highest BCUT2D eigenvalue weighted by Crippen LogP contribution is 2.42. The van der Waals surface area contributed by atoms with Crippen LogP contribution in [0.5, 0.6) is 0 Å². The van der Waals surface area contributed by atoms with Crippen molar-refractivity contribution >= 4 is 17.4 Å². The van der Waals surface area contributed by atoms with E-state index in [0.29, 0.717) is 0 Å². The van der Waals surface area contributed by atoms with Gasteiger partial charge < -0.3 is 5.11 Å². The zero-order valence-electron chi connectivity index (χ0n) is 13.6. The topological polar surface area (TPSA) is 40.3 Å². The summed E-state index contributed by atoms with van der Waals surface area (Å²) in [7, 11) is 2.14. The molecule has 0 amide bonds. The molecule has 0 bridgehead atoms.